The summed E-state index contributed by atoms with van der Waals surface area (Å²) in [6.07, 6.45) is 0.677. The molecule has 3 aromatic rings. The van der Waals surface area contributed by atoms with Crippen LogP contribution in [0.2, 0.25) is 0 Å². The monoisotopic (exact) mass is 351 g/mol. The first kappa shape index (κ1) is 17.9. The lowest BCUT2D eigenvalue weighted by molar-refractivity contribution is -0.122. The quantitative estimate of drug-likeness (QED) is 0.712. The van der Waals surface area contributed by atoms with Gasteiger partial charge < -0.3 is 10.1 Å². The largest absolute Gasteiger partial charge is 0.497 e. The third-order valence-corrected chi connectivity index (χ3v) is 4.59. The summed E-state index contributed by atoms with van der Waals surface area (Å²) < 4.78 is 18.1. The Hall–Kier alpha value is -2.88. The van der Waals surface area contributed by atoms with Gasteiger partial charge in [0.25, 0.3) is 0 Å². The minimum absolute atomic E-state index is 0.0139. The minimum Gasteiger partial charge on any atom is -0.497 e. The Morgan fingerprint density at radius 2 is 1.73 bits per heavy atom. The van der Waals surface area contributed by atoms with E-state index in [0.717, 1.165) is 27.6 Å². The lowest BCUT2D eigenvalue weighted by atomic mass is 9.97. The zero-order valence-electron chi connectivity index (χ0n) is 15.0. The predicted molar refractivity (Wildman–Crippen MR) is 102 cm³/mol. The Labute approximate surface area is 152 Å². The number of rotatable bonds is 6. The first-order valence-corrected chi connectivity index (χ1v) is 8.66. The maximum absolute atomic E-state index is 12.9. The number of benzene rings is 3. The van der Waals surface area contributed by atoms with Gasteiger partial charge in [0.1, 0.15) is 11.6 Å². The smallest absolute Gasteiger partial charge is 0.227 e. The number of halogens is 1. The van der Waals surface area contributed by atoms with Crippen LogP contribution in [0.3, 0.4) is 0 Å². The molecule has 1 N–H and O–H groups in total. The molecule has 134 valence electrons. The molecule has 3 nitrogen and oxygen atoms in total. The van der Waals surface area contributed by atoms with Crippen molar-refractivity contribution in [3.8, 4) is 5.75 Å². The molecule has 26 heavy (non-hydrogen) atoms. The van der Waals surface area contributed by atoms with Gasteiger partial charge in [0.2, 0.25) is 5.91 Å². The van der Waals surface area contributed by atoms with Crippen molar-refractivity contribution >= 4 is 16.7 Å². The van der Waals surface area contributed by atoms with Gasteiger partial charge in [-0.15, -0.1) is 0 Å². The van der Waals surface area contributed by atoms with E-state index < -0.39 is 0 Å². The minimum atomic E-state index is -0.250. The summed E-state index contributed by atoms with van der Waals surface area (Å²) in [7, 11) is 1.65. The van der Waals surface area contributed by atoms with Gasteiger partial charge in [0.15, 0.2) is 0 Å². The summed E-state index contributed by atoms with van der Waals surface area (Å²) in [5, 5.41) is 5.12. The molecule has 0 fully saturated rings. The average molecular weight is 351 g/mol. The van der Waals surface area contributed by atoms with Crippen LogP contribution >= 0.6 is 0 Å². The molecule has 0 saturated carbocycles. The molecule has 0 aliphatic heterocycles. The van der Waals surface area contributed by atoms with Crippen molar-refractivity contribution in [1.29, 1.82) is 0 Å². The summed E-state index contributed by atoms with van der Waals surface area (Å²) in [5.74, 6) is 0.312. The van der Waals surface area contributed by atoms with E-state index in [1.807, 2.05) is 43.3 Å². The topological polar surface area (TPSA) is 38.3 Å². The van der Waals surface area contributed by atoms with E-state index in [-0.39, 0.29) is 17.6 Å². The van der Waals surface area contributed by atoms with Crippen LogP contribution in [0.25, 0.3) is 10.8 Å². The molecule has 0 aromatic heterocycles. The second-order valence-electron chi connectivity index (χ2n) is 6.36. The molecular weight excluding hydrogens is 329 g/mol. The lowest BCUT2D eigenvalue weighted by Gasteiger charge is -2.14. The van der Waals surface area contributed by atoms with E-state index in [2.05, 4.69) is 5.32 Å². The van der Waals surface area contributed by atoms with Gasteiger partial charge in [-0.25, -0.2) is 4.39 Å². The van der Waals surface area contributed by atoms with Crippen LogP contribution in [0, 0.1) is 5.82 Å². The molecule has 0 saturated heterocycles. The molecule has 0 aliphatic rings. The first-order valence-electron chi connectivity index (χ1n) is 8.66. The number of methoxy groups -OCH3 is 1. The van der Waals surface area contributed by atoms with Crippen molar-refractivity contribution in [2.75, 3.05) is 13.7 Å². The first-order chi connectivity index (χ1) is 12.6. The summed E-state index contributed by atoms with van der Waals surface area (Å²) in [6, 6.07) is 18.3. The van der Waals surface area contributed by atoms with E-state index in [0.29, 0.717) is 13.0 Å². The number of hydrogen-bond donors (Lipinski definition) is 1. The molecule has 0 spiro atoms. The fourth-order valence-electron chi connectivity index (χ4n) is 2.92. The molecule has 3 rings (SSSR count). The highest BCUT2D eigenvalue weighted by molar-refractivity contribution is 5.88. The third-order valence-electron chi connectivity index (χ3n) is 4.59. The van der Waals surface area contributed by atoms with Gasteiger partial charge in [0.05, 0.1) is 13.0 Å². The number of hydrogen-bond acceptors (Lipinski definition) is 2. The standard InChI is InChI=1S/C22H22FNO2/c1-15(22(25)24-12-11-16-3-8-20(23)9-4-16)17-5-6-19-14-21(26-2)10-7-18(19)13-17/h3-10,13-15H,11-12H2,1-2H3,(H,24,25). The van der Waals surface area contributed by atoms with Gasteiger partial charge in [-0.1, -0.05) is 36.4 Å². The van der Waals surface area contributed by atoms with E-state index in [4.69, 9.17) is 4.74 Å². The van der Waals surface area contributed by atoms with Crippen molar-refractivity contribution in [2.24, 2.45) is 0 Å². The number of fused-ring (bicyclic) bond motifs is 1. The number of carbonyl (C=O) groups excluding carboxylic acids is 1. The second kappa shape index (κ2) is 8.00. The normalized spacial score (nSPS) is 12.0. The molecule has 3 aromatic carbocycles. The zero-order valence-corrected chi connectivity index (χ0v) is 15.0. The van der Waals surface area contributed by atoms with Gasteiger partial charge in [-0.2, -0.15) is 0 Å². The third kappa shape index (κ3) is 4.20. The summed E-state index contributed by atoms with van der Waals surface area (Å²) in [4.78, 5) is 12.4. The van der Waals surface area contributed by atoms with Crippen LogP contribution in [0.4, 0.5) is 4.39 Å². The van der Waals surface area contributed by atoms with Gasteiger partial charge >= 0.3 is 0 Å². The molecule has 0 bridgehead atoms. The van der Waals surface area contributed by atoms with Gasteiger partial charge in [-0.05, 0) is 59.5 Å². The van der Waals surface area contributed by atoms with Crippen LogP contribution < -0.4 is 10.1 Å². The van der Waals surface area contributed by atoms with Gasteiger partial charge in [-0.3, -0.25) is 4.79 Å². The molecule has 0 heterocycles. The van der Waals surface area contributed by atoms with Crippen molar-refractivity contribution in [3.63, 3.8) is 0 Å². The lowest BCUT2D eigenvalue weighted by Crippen LogP contribution is -2.29. The molecule has 1 unspecified atom stereocenters. The fourth-order valence-corrected chi connectivity index (χ4v) is 2.92. The maximum atomic E-state index is 12.9. The maximum Gasteiger partial charge on any atom is 0.227 e. The van der Waals surface area contributed by atoms with Crippen molar-refractivity contribution in [3.05, 3.63) is 77.6 Å². The highest BCUT2D eigenvalue weighted by atomic mass is 19.1. The van der Waals surface area contributed by atoms with Crippen LogP contribution in [0.1, 0.15) is 24.0 Å². The molecule has 0 radical (unpaired) electrons. The Bertz CT molecular complexity index is 906. The van der Waals surface area contributed by atoms with Crippen molar-refractivity contribution < 1.29 is 13.9 Å². The highest BCUT2D eigenvalue weighted by Crippen LogP contribution is 2.25. The van der Waals surface area contributed by atoms with E-state index in [1.54, 1.807) is 19.2 Å². The highest BCUT2D eigenvalue weighted by Gasteiger charge is 2.15. The number of carbonyl (C=O) groups is 1. The molecule has 4 heteroatoms. The Kier molecular flexibility index (Phi) is 5.52. The average Bonchev–Trinajstić information content (AvgIpc) is 2.68. The fraction of sp³-hybridized carbons (Fsp3) is 0.227. The molecular formula is C22H22FNO2. The van der Waals surface area contributed by atoms with E-state index in [9.17, 15) is 9.18 Å². The second-order valence-corrected chi connectivity index (χ2v) is 6.36. The van der Waals surface area contributed by atoms with Crippen molar-refractivity contribution in [2.45, 2.75) is 19.3 Å². The Morgan fingerprint density at radius 3 is 2.46 bits per heavy atom. The van der Waals surface area contributed by atoms with E-state index >= 15 is 0 Å². The van der Waals surface area contributed by atoms with Crippen LogP contribution in [-0.2, 0) is 11.2 Å². The number of nitrogens with one attached hydrogen (secondary N) is 1. The van der Waals surface area contributed by atoms with E-state index in [1.165, 1.54) is 12.1 Å². The summed E-state index contributed by atoms with van der Waals surface area (Å²) >= 11 is 0. The Morgan fingerprint density at radius 1 is 1.04 bits per heavy atom. The number of amides is 1. The predicted octanol–water partition coefficient (Wildman–Crippen LogP) is 4.45. The SMILES string of the molecule is COc1ccc2cc(C(C)C(=O)NCCc3ccc(F)cc3)ccc2c1. The molecule has 1 atom stereocenters. The van der Waals surface area contributed by atoms with Crippen molar-refractivity contribution in [1.82, 2.24) is 5.32 Å². The van der Waals surface area contributed by atoms with Crippen LogP contribution in [-0.4, -0.2) is 19.6 Å². The van der Waals surface area contributed by atoms with Gasteiger partial charge in [0, 0.05) is 6.54 Å². The van der Waals surface area contributed by atoms with Crippen LogP contribution in [0.15, 0.2) is 60.7 Å². The summed E-state index contributed by atoms with van der Waals surface area (Å²) in [5.41, 5.74) is 1.97. The summed E-state index contributed by atoms with van der Waals surface area (Å²) in [6.45, 7) is 2.43. The number of ether oxygens (including phenoxy) is 1. The van der Waals surface area contributed by atoms with Crippen LogP contribution in [0.5, 0.6) is 5.75 Å². The Balaban J connectivity index is 1.62. The molecule has 0 aliphatic carbocycles. The molecule has 1 amide bonds. The zero-order chi connectivity index (χ0) is 18.5.